The largest absolute Gasteiger partial charge is 0.372 e. The van der Waals surface area contributed by atoms with E-state index in [2.05, 4.69) is 32.8 Å². The van der Waals surface area contributed by atoms with E-state index < -0.39 is 0 Å². The molecule has 1 atom stereocenters. The highest BCUT2D eigenvalue weighted by molar-refractivity contribution is 4.98. The van der Waals surface area contributed by atoms with Crippen molar-refractivity contribution in [1.29, 1.82) is 0 Å². The van der Waals surface area contributed by atoms with E-state index in [0.29, 0.717) is 18.6 Å². The second kappa shape index (κ2) is 5.91. The maximum atomic E-state index is 5.70. The van der Waals surface area contributed by atoms with Crippen molar-refractivity contribution >= 4 is 0 Å². The van der Waals surface area contributed by atoms with Crippen LogP contribution >= 0.6 is 0 Å². The minimum atomic E-state index is 0.326. The van der Waals surface area contributed by atoms with E-state index in [1.54, 1.807) is 0 Å². The molecule has 0 radical (unpaired) electrons. The zero-order valence-corrected chi connectivity index (χ0v) is 10.2. The number of hydrogen-bond acceptors (Lipinski definition) is 2. The maximum Gasteiger partial charge on any atom is 0.0888 e. The Labute approximate surface area is 92.4 Å². The Hall–Kier alpha value is -0.830. The second-order valence-corrected chi connectivity index (χ2v) is 4.43. The van der Waals surface area contributed by atoms with E-state index in [9.17, 15) is 0 Å². The van der Waals surface area contributed by atoms with Gasteiger partial charge in [0.2, 0.25) is 0 Å². The molecular formula is C12H22N2O. The van der Waals surface area contributed by atoms with E-state index in [1.807, 2.05) is 16.9 Å². The van der Waals surface area contributed by atoms with Gasteiger partial charge in [-0.15, -0.1) is 0 Å². The molecule has 0 saturated carbocycles. The zero-order chi connectivity index (χ0) is 11.3. The van der Waals surface area contributed by atoms with Gasteiger partial charge >= 0.3 is 0 Å². The average molecular weight is 210 g/mol. The number of aromatic nitrogens is 2. The standard InChI is InChI=1S/C12H22N2O/c1-5-11(4)15-9-12-6-7-13-14(12)8-10(2)3/h6-7,10-11H,5,8-9H2,1-4H3/t11-/m1/s1. The second-order valence-electron chi connectivity index (χ2n) is 4.43. The van der Waals surface area contributed by atoms with Crippen LogP contribution < -0.4 is 0 Å². The molecule has 0 aliphatic heterocycles. The van der Waals surface area contributed by atoms with E-state index in [0.717, 1.165) is 13.0 Å². The lowest BCUT2D eigenvalue weighted by atomic mass is 10.2. The third-order valence-corrected chi connectivity index (χ3v) is 2.43. The lowest BCUT2D eigenvalue weighted by Crippen LogP contribution is -2.13. The summed E-state index contributed by atoms with van der Waals surface area (Å²) in [6, 6.07) is 2.03. The van der Waals surface area contributed by atoms with Crippen molar-refractivity contribution in [3.05, 3.63) is 18.0 Å². The zero-order valence-electron chi connectivity index (χ0n) is 10.2. The fraction of sp³-hybridized carbons (Fsp3) is 0.750. The molecule has 0 fully saturated rings. The number of ether oxygens (including phenoxy) is 1. The van der Waals surface area contributed by atoms with Gasteiger partial charge in [-0.3, -0.25) is 4.68 Å². The molecule has 3 heteroatoms. The van der Waals surface area contributed by atoms with Crippen LogP contribution in [0.25, 0.3) is 0 Å². The minimum absolute atomic E-state index is 0.326. The van der Waals surface area contributed by atoms with Gasteiger partial charge in [-0.25, -0.2) is 0 Å². The molecule has 1 rings (SSSR count). The van der Waals surface area contributed by atoms with Crippen LogP contribution in [-0.2, 0) is 17.9 Å². The highest BCUT2D eigenvalue weighted by atomic mass is 16.5. The molecule has 0 saturated heterocycles. The Morgan fingerprint density at radius 1 is 1.40 bits per heavy atom. The number of nitrogens with zero attached hydrogens (tertiary/aromatic N) is 2. The first-order valence-electron chi connectivity index (χ1n) is 5.75. The van der Waals surface area contributed by atoms with Crippen molar-refractivity contribution in [3.8, 4) is 0 Å². The van der Waals surface area contributed by atoms with Crippen LogP contribution in [0.2, 0.25) is 0 Å². The molecule has 3 nitrogen and oxygen atoms in total. The summed E-state index contributed by atoms with van der Waals surface area (Å²) in [5.41, 5.74) is 1.17. The van der Waals surface area contributed by atoms with E-state index in [1.165, 1.54) is 5.69 Å². The summed E-state index contributed by atoms with van der Waals surface area (Å²) in [5.74, 6) is 0.618. The smallest absolute Gasteiger partial charge is 0.0888 e. The van der Waals surface area contributed by atoms with Gasteiger partial charge in [0.15, 0.2) is 0 Å². The van der Waals surface area contributed by atoms with Gasteiger partial charge in [0.25, 0.3) is 0 Å². The Kier molecular flexibility index (Phi) is 4.82. The normalized spacial score (nSPS) is 13.4. The van der Waals surface area contributed by atoms with E-state index >= 15 is 0 Å². The lowest BCUT2D eigenvalue weighted by Gasteiger charge is -2.13. The van der Waals surface area contributed by atoms with Crippen LogP contribution in [0, 0.1) is 5.92 Å². The lowest BCUT2D eigenvalue weighted by molar-refractivity contribution is 0.0463. The summed E-state index contributed by atoms with van der Waals surface area (Å²) in [6.07, 6.45) is 3.23. The SMILES string of the molecule is CC[C@@H](C)OCc1ccnn1CC(C)C. The monoisotopic (exact) mass is 210 g/mol. The molecule has 0 spiro atoms. The van der Waals surface area contributed by atoms with Gasteiger partial charge in [0.05, 0.1) is 18.4 Å². The molecule has 1 aromatic heterocycles. The Bertz CT molecular complexity index is 281. The van der Waals surface area contributed by atoms with Gasteiger partial charge in [-0.05, 0) is 25.3 Å². The molecular weight excluding hydrogens is 188 g/mol. The Morgan fingerprint density at radius 2 is 2.13 bits per heavy atom. The Balaban J connectivity index is 2.49. The van der Waals surface area contributed by atoms with Crippen molar-refractivity contribution in [2.75, 3.05) is 0 Å². The molecule has 0 aliphatic rings. The fourth-order valence-corrected chi connectivity index (χ4v) is 1.34. The molecule has 1 heterocycles. The molecule has 15 heavy (non-hydrogen) atoms. The fourth-order valence-electron chi connectivity index (χ4n) is 1.34. The molecule has 1 aromatic rings. The molecule has 0 N–H and O–H groups in total. The van der Waals surface area contributed by atoms with E-state index in [-0.39, 0.29) is 0 Å². The maximum absolute atomic E-state index is 5.70. The van der Waals surface area contributed by atoms with Crippen LogP contribution in [0.4, 0.5) is 0 Å². The van der Waals surface area contributed by atoms with Crippen molar-refractivity contribution in [1.82, 2.24) is 9.78 Å². The van der Waals surface area contributed by atoms with Gasteiger partial charge < -0.3 is 4.74 Å². The van der Waals surface area contributed by atoms with Gasteiger partial charge in [-0.2, -0.15) is 5.10 Å². The summed E-state index contributed by atoms with van der Waals surface area (Å²) < 4.78 is 7.73. The molecule has 0 unspecified atom stereocenters. The Morgan fingerprint density at radius 3 is 2.73 bits per heavy atom. The number of rotatable bonds is 6. The van der Waals surface area contributed by atoms with E-state index in [4.69, 9.17) is 4.74 Å². The predicted molar refractivity (Wildman–Crippen MR) is 61.6 cm³/mol. The van der Waals surface area contributed by atoms with Gasteiger partial charge in [0.1, 0.15) is 0 Å². The van der Waals surface area contributed by atoms with Crippen molar-refractivity contribution in [2.24, 2.45) is 5.92 Å². The minimum Gasteiger partial charge on any atom is -0.372 e. The average Bonchev–Trinajstić information content (AvgIpc) is 2.61. The highest BCUT2D eigenvalue weighted by Gasteiger charge is 2.06. The predicted octanol–water partition coefficient (Wildman–Crippen LogP) is 2.85. The van der Waals surface area contributed by atoms with Crippen LogP contribution in [-0.4, -0.2) is 15.9 Å². The number of hydrogen-bond donors (Lipinski definition) is 0. The van der Waals surface area contributed by atoms with Crippen molar-refractivity contribution < 1.29 is 4.74 Å². The third-order valence-electron chi connectivity index (χ3n) is 2.43. The molecule has 0 bridgehead atoms. The quantitative estimate of drug-likeness (QED) is 0.722. The van der Waals surface area contributed by atoms with Gasteiger partial charge in [-0.1, -0.05) is 20.8 Å². The molecule has 0 amide bonds. The van der Waals surface area contributed by atoms with Crippen LogP contribution in [0.5, 0.6) is 0 Å². The summed E-state index contributed by atoms with van der Waals surface area (Å²) >= 11 is 0. The summed E-state index contributed by atoms with van der Waals surface area (Å²) in [4.78, 5) is 0. The molecule has 0 aliphatic carbocycles. The van der Waals surface area contributed by atoms with Crippen molar-refractivity contribution in [2.45, 2.75) is 53.4 Å². The molecule has 86 valence electrons. The first-order valence-corrected chi connectivity index (χ1v) is 5.75. The highest BCUT2D eigenvalue weighted by Crippen LogP contribution is 2.07. The topological polar surface area (TPSA) is 27.1 Å². The summed E-state index contributed by atoms with van der Waals surface area (Å²) in [7, 11) is 0. The summed E-state index contributed by atoms with van der Waals surface area (Å²) in [5, 5.41) is 4.30. The van der Waals surface area contributed by atoms with Crippen LogP contribution in [0.3, 0.4) is 0 Å². The van der Waals surface area contributed by atoms with Crippen LogP contribution in [0.1, 0.15) is 39.8 Å². The van der Waals surface area contributed by atoms with Crippen LogP contribution in [0.15, 0.2) is 12.3 Å². The van der Waals surface area contributed by atoms with Gasteiger partial charge in [0, 0.05) is 12.7 Å². The third kappa shape index (κ3) is 4.04. The molecule has 0 aromatic carbocycles. The van der Waals surface area contributed by atoms with Crippen molar-refractivity contribution in [3.63, 3.8) is 0 Å². The first-order chi connectivity index (χ1) is 7.13. The summed E-state index contributed by atoms with van der Waals surface area (Å²) in [6.45, 7) is 10.3. The first kappa shape index (κ1) is 12.2.